The van der Waals surface area contributed by atoms with Gasteiger partial charge >= 0.3 is 0 Å². The molecule has 1 atom stereocenters. The van der Waals surface area contributed by atoms with E-state index in [1.807, 2.05) is 24.3 Å². The molecule has 1 saturated heterocycles. The van der Waals surface area contributed by atoms with Gasteiger partial charge in [-0.25, -0.2) is 10.4 Å². The zero-order valence-electron chi connectivity index (χ0n) is 7.66. The van der Waals surface area contributed by atoms with E-state index in [4.69, 9.17) is 4.42 Å². The molecule has 0 bridgehead atoms. The van der Waals surface area contributed by atoms with Crippen LogP contribution in [0.1, 0.15) is 18.4 Å². The van der Waals surface area contributed by atoms with Gasteiger partial charge in [-0.15, -0.1) is 0 Å². The van der Waals surface area contributed by atoms with Crippen LogP contribution < -0.4 is 10.9 Å². The molecule has 1 fully saturated rings. The number of hydrazine groups is 1. The van der Waals surface area contributed by atoms with Gasteiger partial charge in [0, 0.05) is 6.54 Å². The molecule has 1 aliphatic heterocycles. The summed E-state index contributed by atoms with van der Waals surface area (Å²) in [7, 11) is 0. The van der Waals surface area contributed by atoms with Gasteiger partial charge < -0.3 is 4.42 Å². The Labute approximate surface area is 81.3 Å². The first kappa shape index (κ1) is 7.96. The van der Waals surface area contributed by atoms with Gasteiger partial charge in [0.05, 0.1) is 6.04 Å². The molecule has 0 amide bonds. The van der Waals surface area contributed by atoms with Crippen LogP contribution in [0.25, 0.3) is 11.1 Å². The molecule has 0 aliphatic carbocycles. The Bertz CT molecular complexity index is 412. The molecule has 1 aromatic heterocycles. The highest BCUT2D eigenvalue weighted by atomic mass is 16.3. The fraction of sp³-hybridized carbons (Fsp3) is 0.300. The molecule has 0 spiro atoms. The predicted octanol–water partition coefficient (Wildman–Crippen LogP) is 1.37. The summed E-state index contributed by atoms with van der Waals surface area (Å²) in [6.07, 6.45) is 1.02. The van der Waals surface area contributed by atoms with E-state index in [1.165, 1.54) is 0 Å². The van der Waals surface area contributed by atoms with E-state index in [9.17, 15) is 0 Å². The Morgan fingerprint density at radius 3 is 3.07 bits per heavy atom. The van der Waals surface area contributed by atoms with E-state index >= 15 is 0 Å². The fourth-order valence-electron chi connectivity index (χ4n) is 1.71. The minimum Gasteiger partial charge on any atom is -0.439 e. The molecule has 3 rings (SSSR count). The Hall–Kier alpha value is -1.39. The van der Waals surface area contributed by atoms with Crippen molar-refractivity contribution in [3.63, 3.8) is 0 Å². The van der Waals surface area contributed by atoms with E-state index in [0.29, 0.717) is 0 Å². The van der Waals surface area contributed by atoms with Gasteiger partial charge in [-0.05, 0) is 18.6 Å². The molecule has 0 radical (unpaired) electrons. The summed E-state index contributed by atoms with van der Waals surface area (Å²) in [5.41, 5.74) is 7.98. The van der Waals surface area contributed by atoms with Gasteiger partial charge in [0.2, 0.25) is 5.89 Å². The molecule has 14 heavy (non-hydrogen) atoms. The van der Waals surface area contributed by atoms with Crippen molar-refractivity contribution in [2.75, 3.05) is 6.54 Å². The van der Waals surface area contributed by atoms with Crippen molar-refractivity contribution in [1.29, 1.82) is 0 Å². The number of rotatable bonds is 1. The molecule has 2 aromatic rings. The summed E-state index contributed by atoms with van der Waals surface area (Å²) in [5.74, 6) is 0.774. The Balaban J connectivity index is 2.05. The van der Waals surface area contributed by atoms with Gasteiger partial charge in [-0.1, -0.05) is 12.1 Å². The number of nitrogens with zero attached hydrogens (tertiary/aromatic N) is 1. The first-order chi connectivity index (χ1) is 6.93. The van der Waals surface area contributed by atoms with Crippen molar-refractivity contribution in [1.82, 2.24) is 15.8 Å². The molecule has 2 N–H and O–H groups in total. The maximum atomic E-state index is 5.64. The zero-order chi connectivity index (χ0) is 9.38. The zero-order valence-corrected chi connectivity index (χ0v) is 7.66. The van der Waals surface area contributed by atoms with Crippen molar-refractivity contribution in [2.24, 2.45) is 0 Å². The standard InChI is InChI=1S/C10H11N3O/c1-2-4-9-7(3-1)12-10(14-9)8-5-6-11-13-8/h1-4,8,11,13H,5-6H2. The lowest BCUT2D eigenvalue weighted by atomic mass is 10.2. The van der Waals surface area contributed by atoms with Crippen LogP contribution in [-0.4, -0.2) is 11.5 Å². The van der Waals surface area contributed by atoms with Crippen LogP contribution in [-0.2, 0) is 0 Å². The van der Waals surface area contributed by atoms with Crippen LogP contribution in [0.2, 0.25) is 0 Å². The Morgan fingerprint density at radius 2 is 2.29 bits per heavy atom. The van der Waals surface area contributed by atoms with Gasteiger partial charge in [-0.2, -0.15) is 0 Å². The summed E-state index contributed by atoms with van der Waals surface area (Å²) >= 11 is 0. The number of benzene rings is 1. The minimum absolute atomic E-state index is 0.211. The SMILES string of the molecule is c1ccc2oc(C3CCNN3)nc2c1. The van der Waals surface area contributed by atoms with Gasteiger partial charge in [0.1, 0.15) is 5.52 Å². The Kier molecular flexibility index (Phi) is 1.75. The van der Waals surface area contributed by atoms with E-state index in [0.717, 1.165) is 30.0 Å². The Morgan fingerprint density at radius 1 is 1.36 bits per heavy atom. The van der Waals surface area contributed by atoms with Crippen LogP contribution in [0.3, 0.4) is 0 Å². The van der Waals surface area contributed by atoms with E-state index < -0.39 is 0 Å². The highest BCUT2D eigenvalue weighted by molar-refractivity contribution is 5.72. The van der Waals surface area contributed by atoms with E-state index in [-0.39, 0.29) is 6.04 Å². The maximum absolute atomic E-state index is 5.64. The topological polar surface area (TPSA) is 50.1 Å². The first-order valence-electron chi connectivity index (χ1n) is 4.77. The number of oxazole rings is 1. The average molecular weight is 189 g/mol. The van der Waals surface area contributed by atoms with E-state index in [1.54, 1.807) is 0 Å². The lowest BCUT2D eigenvalue weighted by Crippen LogP contribution is -2.24. The predicted molar refractivity (Wildman–Crippen MR) is 52.5 cm³/mol. The normalized spacial score (nSPS) is 21.9. The molecular weight excluding hydrogens is 178 g/mol. The summed E-state index contributed by atoms with van der Waals surface area (Å²) < 4.78 is 5.64. The van der Waals surface area contributed by atoms with E-state index in [2.05, 4.69) is 15.8 Å². The van der Waals surface area contributed by atoms with Crippen LogP contribution in [0, 0.1) is 0 Å². The van der Waals surface area contributed by atoms with Crippen molar-refractivity contribution in [2.45, 2.75) is 12.5 Å². The number of hydrogen-bond acceptors (Lipinski definition) is 4. The molecule has 2 heterocycles. The lowest BCUT2D eigenvalue weighted by molar-refractivity contribution is 0.437. The van der Waals surface area contributed by atoms with Gasteiger partial charge in [-0.3, -0.25) is 5.43 Å². The van der Waals surface area contributed by atoms with Crippen molar-refractivity contribution in [3.8, 4) is 0 Å². The third-order valence-electron chi connectivity index (χ3n) is 2.44. The average Bonchev–Trinajstić information content (AvgIpc) is 2.86. The highest BCUT2D eigenvalue weighted by Gasteiger charge is 2.21. The van der Waals surface area contributed by atoms with Crippen LogP contribution in [0.15, 0.2) is 28.7 Å². The second kappa shape index (κ2) is 3.08. The number of para-hydroxylation sites is 2. The molecule has 0 saturated carbocycles. The second-order valence-electron chi connectivity index (χ2n) is 3.43. The smallest absolute Gasteiger partial charge is 0.214 e. The number of nitrogens with one attached hydrogen (secondary N) is 2. The summed E-state index contributed by atoms with van der Waals surface area (Å²) in [4.78, 5) is 4.43. The monoisotopic (exact) mass is 189 g/mol. The third-order valence-corrected chi connectivity index (χ3v) is 2.44. The van der Waals surface area contributed by atoms with Crippen LogP contribution in [0.4, 0.5) is 0 Å². The van der Waals surface area contributed by atoms with Crippen molar-refractivity contribution < 1.29 is 4.42 Å². The fourth-order valence-corrected chi connectivity index (χ4v) is 1.71. The minimum atomic E-state index is 0.211. The summed E-state index contributed by atoms with van der Waals surface area (Å²) in [5, 5.41) is 0. The van der Waals surface area contributed by atoms with Crippen molar-refractivity contribution >= 4 is 11.1 Å². The molecular formula is C10H11N3O. The highest BCUT2D eigenvalue weighted by Crippen LogP contribution is 2.22. The molecule has 72 valence electrons. The molecule has 4 nitrogen and oxygen atoms in total. The largest absolute Gasteiger partial charge is 0.439 e. The first-order valence-corrected chi connectivity index (χ1v) is 4.77. The molecule has 1 unspecified atom stereocenters. The number of aromatic nitrogens is 1. The number of hydrogen-bond donors (Lipinski definition) is 2. The number of fused-ring (bicyclic) bond motifs is 1. The van der Waals surface area contributed by atoms with Crippen LogP contribution in [0.5, 0.6) is 0 Å². The van der Waals surface area contributed by atoms with Crippen LogP contribution >= 0.6 is 0 Å². The molecule has 1 aromatic carbocycles. The third kappa shape index (κ3) is 1.20. The van der Waals surface area contributed by atoms with Gasteiger partial charge in [0.15, 0.2) is 5.58 Å². The quantitative estimate of drug-likeness (QED) is 0.711. The lowest BCUT2D eigenvalue weighted by Gasteiger charge is -2.01. The van der Waals surface area contributed by atoms with Crippen molar-refractivity contribution in [3.05, 3.63) is 30.2 Å². The molecule has 4 heteroatoms. The second-order valence-corrected chi connectivity index (χ2v) is 3.43. The van der Waals surface area contributed by atoms with Gasteiger partial charge in [0.25, 0.3) is 0 Å². The molecule has 1 aliphatic rings. The summed E-state index contributed by atoms with van der Waals surface area (Å²) in [6, 6.07) is 8.04. The summed E-state index contributed by atoms with van der Waals surface area (Å²) in [6.45, 7) is 0.962. The maximum Gasteiger partial charge on any atom is 0.214 e.